The lowest BCUT2D eigenvalue weighted by Crippen LogP contribution is -2.15. The molecule has 2 aromatic rings. The minimum atomic E-state index is -0.234. The third-order valence-electron chi connectivity index (χ3n) is 2.75. The van der Waals surface area contributed by atoms with Gasteiger partial charge in [0.25, 0.3) is 0 Å². The minimum absolute atomic E-state index is 0.234. The Morgan fingerprint density at radius 1 is 1.29 bits per heavy atom. The highest BCUT2D eigenvalue weighted by Crippen LogP contribution is 2.30. The highest BCUT2D eigenvalue weighted by atomic mass is 32.1. The van der Waals surface area contributed by atoms with Crippen LogP contribution in [0.15, 0.2) is 24.3 Å². The van der Waals surface area contributed by atoms with Gasteiger partial charge in [0.05, 0.1) is 12.3 Å². The maximum Gasteiger partial charge on any atom is 0.350 e. The van der Waals surface area contributed by atoms with E-state index in [1.807, 2.05) is 31.2 Å². The summed E-state index contributed by atoms with van der Waals surface area (Å²) in [6.07, 6.45) is 0.726. The molecule has 0 N–H and O–H groups in total. The van der Waals surface area contributed by atoms with E-state index >= 15 is 0 Å². The first-order valence-electron chi connectivity index (χ1n) is 5.48. The molecule has 0 saturated heterocycles. The average Bonchev–Trinajstić information content (AvgIpc) is 2.75. The third-order valence-corrected chi connectivity index (χ3v) is 3.88. The van der Waals surface area contributed by atoms with E-state index in [0.717, 1.165) is 22.7 Å². The van der Waals surface area contributed by atoms with Crippen LogP contribution in [0.1, 0.15) is 20.9 Å². The van der Waals surface area contributed by atoms with Gasteiger partial charge in [-0.3, -0.25) is 0 Å². The summed E-state index contributed by atoms with van der Waals surface area (Å²) >= 11 is 1.42. The van der Waals surface area contributed by atoms with Crippen molar-refractivity contribution in [3.63, 3.8) is 0 Å². The predicted molar refractivity (Wildman–Crippen MR) is 66.3 cm³/mol. The predicted octanol–water partition coefficient (Wildman–Crippen LogP) is 2.83. The number of carbonyl (C=O) groups is 1. The zero-order valence-electron chi connectivity index (χ0n) is 9.40. The summed E-state index contributed by atoms with van der Waals surface area (Å²) in [6.45, 7) is 2.50. The number of hydrogen-bond acceptors (Lipinski definition) is 4. The highest BCUT2D eigenvalue weighted by molar-refractivity contribution is 7.17. The van der Waals surface area contributed by atoms with Gasteiger partial charge in [0.15, 0.2) is 0 Å². The first-order valence-corrected chi connectivity index (χ1v) is 6.29. The van der Waals surface area contributed by atoms with Crippen molar-refractivity contribution in [2.45, 2.75) is 13.3 Å². The van der Waals surface area contributed by atoms with Crippen molar-refractivity contribution in [2.24, 2.45) is 0 Å². The Bertz CT molecular complexity index is 572. The van der Waals surface area contributed by atoms with E-state index in [0.29, 0.717) is 11.5 Å². The molecule has 1 aromatic heterocycles. The van der Waals surface area contributed by atoms with Crippen LogP contribution in [-0.2, 0) is 11.2 Å². The molecule has 3 rings (SSSR count). The molecule has 0 radical (unpaired) electrons. The number of cyclic esters (lactones) is 1. The van der Waals surface area contributed by atoms with E-state index in [1.54, 1.807) is 0 Å². The first kappa shape index (κ1) is 10.5. The Morgan fingerprint density at radius 3 is 2.76 bits per heavy atom. The molecule has 17 heavy (non-hydrogen) atoms. The number of ether oxygens (including phenoxy) is 1. The molecule has 0 bridgehead atoms. The Kier molecular flexibility index (Phi) is 2.44. The molecule has 4 heteroatoms. The van der Waals surface area contributed by atoms with E-state index < -0.39 is 0 Å². The SMILES string of the molecule is Cc1ccc(-c2nc3c(s2)C(=O)OCC3)cc1. The molecule has 1 aliphatic rings. The molecule has 0 fully saturated rings. The van der Waals surface area contributed by atoms with Gasteiger partial charge in [0.2, 0.25) is 0 Å². The van der Waals surface area contributed by atoms with Gasteiger partial charge in [-0.25, -0.2) is 9.78 Å². The number of benzene rings is 1. The molecule has 0 saturated carbocycles. The first-order chi connectivity index (χ1) is 8.24. The lowest BCUT2D eigenvalue weighted by Gasteiger charge is -2.08. The number of aromatic nitrogens is 1. The second-order valence-corrected chi connectivity index (χ2v) is 5.05. The second-order valence-electron chi connectivity index (χ2n) is 4.05. The molecule has 0 unspecified atom stereocenters. The van der Waals surface area contributed by atoms with Crippen LogP contribution in [0.4, 0.5) is 0 Å². The molecular formula is C13H11NO2S. The van der Waals surface area contributed by atoms with E-state index in [9.17, 15) is 4.79 Å². The monoisotopic (exact) mass is 245 g/mol. The maximum absolute atomic E-state index is 11.5. The molecule has 1 aliphatic heterocycles. The summed E-state index contributed by atoms with van der Waals surface area (Å²) in [5.74, 6) is -0.234. The van der Waals surface area contributed by atoms with Crippen LogP contribution in [0.25, 0.3) is 10.6 Å². The van der Waals surface area contributed by atoms with Crippen molar-refractivity contribution >= 4 is 17.3 Å². The fourth-order valence-corrected chi connectivity index (χ4v) is 2.82. The number of rotatable bonds is 1. The van der Waals surface area contributed by atoms with Crippen molar-refractivity contribution in [1.82, 2.24) is 4.98 Å². The quantitative estimate of drug-likeness (QED) is 0.725. The Morgan fingerprint density at radius 2 is 2.06 bits per heavy atom. The molecule has 2 heterocycles. The molecule has 86 valence electrons. The smallest absolute Gasteiger partial charge is 0.350 e. The fraction of sp³-hybridized carbons (Fsp3) is 0.231. The number of aryl methyl sites for hydroxylation is 1. The van der Waals surface area contributed by atoms with Crippen molar-refractivity contribution in [1.29, 1.82) is 0 Å². The topological polar surface area (TPSA) is 39.2 Å². The fourth-order valence-electron chi connectivity index (χ4n) is 1.81. The standard InChI is InChI=1S/C13H11NO2S/c1-8-2-4-9(5-3-8)12-14-10-6-7-16-13(15)11(10)17-12/h2-5H,6-7H2,1H3. The number of esters is 1. The summed E-state index contributed by atoms with van der Waals surface area (Å²) < 4.78 is 5.00. The Balaban J connectivity index is 2.05. The molecule has 0 spiro atoms. The normalized spacial score (nSPS) is 14.3. The third kappa shape index (κ3) is 1.85. The van der Waals surface area contributed by atoms with Crippen molar-refractivity contribution < 1.29 is 9.53 Å². The number of nitrogens with zero attached hydrogens (tertiary/aromatic N) is 1. The summed E-state index contributed by atoms with van der Waals surface area (Å²) in [5.41, 5.74) is 3.15. The van der Waals surface area contributed by atoms with E-state index in [1.165, 1.54) is 16.9 Å². The molecule has 3 nitrogen and oxygen atoms in total. The molecule has 1 aromatic carbocycles. The van der Waals surface area contributed by atoms with Gasteiger partial charge in [-0.05, 0) is 6.92 Å². The van der Waals surface area contributed by atoms with Gasteiger partial charge >= 0.3 is 5.97 Å². The number of thiazole rings is 1. The van der Waals surface area contributed by atoms with Gasteiger partial charge in [-0.1, -0.05) is 29.8 Å². The van der Waals surface area contributed by atoms with Crippen LogP contribution in [0.3, 0.4) is 0 Å². The van der Waals surface area contributed by atoms with Crippen LogP contribution in [0.2, 0.25) is 0 Å². The van der Waals surface area contributed by atoms with Crippen LogP contribution in [0, 0.1) is 6.92 Å². The highest BCUT2D eigenvalue weighted by Gasteiger charge is 2.23. The Labute approximate surface area is 103 Å². The van der Waals surface area contributed by atoms with Gasteiger partial charge in [-0.15, -0.1) is 11.3 Å². The lowest BCUT2D eigenvalue weighted by atomic mass is 10.1. The summed E-state index contributed by atoms with van der Waals surface area (Å²) in [7, 11) is 0. The van der Waals surface area contributed by atoms with Crippen LogP contribution in [-0.4, -0.2) is 17.6 Å². The maximum atomic E-state index is 11.5. The van der Waals surface area contributed by atoms with E-state index in [-0.39, 0.29) is 5.97 Å². The largest absolute Gasteiger partial charge is 0.461 e. The second kappa shape index (κ2) is 3.96. The number of carbonyl (C=O) groups excluding carboxylic acids is 1. The Hall–Kier alpha value is -1.68. The summed E-state index contributed by atoms with van der Waals surface area (Å²) in [5, 5.41) is 0.897. The molecule has 0 amide bonds. The van der Waals surface area contributed by atoms with Crippen molar-refractivity contribution in [3.8, 4) is 10.6 Å². The molecule has 0 aliphatic carbocycles. The summed E-state index contributed by atoms with van der Waals surface area (Å²) in [6, 6.07) is 8.16. The van der Waals surface area contributed by atoms with Crippen LogP contribution in [0.5, 0.6) is 0 Å². The van der Waals surface area contributed by atoms with E-state index in [4.69, 9.17) is 4.74 Å². The van der Waals surface area contributed by atoms with Gasteiger partial charge < -0.3 is 4.74 Å². The molecule has 0 atom stereocenters. The van der Waals surface area contributed by atoms with Gasteiger partial charge in [0, 0.05) is 12.0 Å². The van der Waals surface area contributed by atoms with Crippen LogP contribution < -0.4 is 0 Å². The zero-order valence-corrected chi connectivity index (χ0v) is 10.2. The van der Waals surface area contributed by atoms with Gasteiger partial charge in [-0.2, -0.15) is 0 Å². The van der Waals surface area contributed by atoms with Crippen LogP contribution >= 0.6 is 11.3 Å². The average molecular weight is 245 g/mol. The minimum Gasteiger partial charge on any atom is -0.461 e. The van der Waals surface area contributed by atoms with Gasteiger partial charge in [0.1, 0.15) is 9.88 Å². The molecular weight excluding hydrogens is 234 g/mol. The number of hydrogen-bond donors (Lipinski definition) is 0. The van der Waals surface area contributed by atoms with Crippen molar-refractivity contribution in [2.75, 3.05) is 6.61 Å². The lowest BCUT2D eigenvalue weighted by molar-refractivity contribution is 0.0485. The number of fused-ring (bicyclic) bond motifs is 1. The van der Waals surface area contributed by atoms with Crippen molar-refractivity contribution in [3.05, 3.63) is 40.4 Å². The van der Waals surface area contributed by atoms with E-state index in [2.05, 4.69) is 4.98 Å². The summed E-state index contributed by atoms with van der Waals surface area (Å²) in [4.78, 5) is 16.7. The zero-order chi connectivity index (χ0) is 11.8.